The molecule has 0 aromatic heterocycles. The maximum absolute atomic E-state index is 12.1. The molecule has 1 aromatic rings. The summed E-state index contributed by atoms with van der Waals surface area (Å²) in [7, 11) is 0. The van der Waals surface area contributed by atoms with E-state index in [-0.39, 0.29) is 17.3 Å². The minimum absolute atomic E-state index is 0.190. The quantitative estimate of drug-likeness (QED) is 0.723. The van der Waals surface area contributed by atoms with Gasteiger partial charge in [0.2, 0.25) is 0 Å². The van der Waals surface area contributed by atoms with Crippen molar-refractivity contribution in [2.45, 2.75) is 38.2 Å². The first kappa shape index (κ1) is 10.0. The smallest absolute Gasteiger partial charge is 0.163 e. The SMILES string of the molecule is C[C@]12CC(=O)c3ccccc3[C@@H]1CC[C@@H]2O. The lowest BCUT2D eigenvalue weighted by Crippen LogP contribution is -2.37. The van der Waals surface area contributed by atoms with Crippen molar-refractivity contribution in [2.75, 3.05) is 0 Å². The average Bonchev–Trinajstić information content (AvgIpc) is 2.56. The summed E-state index contributed by atoms with van der Waals surface area (Å²) in [6.45, 7) is 2.06. The average molecular weight is 216 g/mol. The minimum Gasteiger partial charge on any atom is -0.393 e. The van der Waals surface area contributed by atoms with E-state index in [1.54, 1.807) is 0 Å². The summed E-state index contributed by atoms with van der Waals surface area (Å²) < 4.78 is 0. The second-order valence-corrected chi connectivity index (χ2v) is 5.34. The summed E-state index contributed by atoms with van der Waals surface area (Å²) in [5, 5.41) is 10.1. The normalized spacial score (nSPS) is 37.0. The van der Waals surface area contributed by atoms with Crippen LogP contribution in [0.1, 0.15) is 48.0 Å². The molecule has 1 saturated carbocycles. The van der Waals surface area contributed by atoms with Crippen molar-refractivity contribution in [1.82, 2.24) is 0 Å². The van der Waals surface area contributed by atoms with Gasteiger partial charge in [0.1, 0.15) is 0 Å². The van der Waals surface area contributed by atoms with Crippen LogP contribution in [0.25, 0.3) is 0 Å². The van der Waals surface area contributed by atoms with Gasteiger partial charge in [0.05, 0.1) is 6.10 Å². The predicted molar refractivity (Wildman–Crippen MR) is 61.5 cm³/mol. The van der Waals surface area contributed by atoms with Crippen LogP contribution in [-0.2, 0) is 0 Å². The van der Waals surface area contributed by atoms with Crippen molar-refractivity contribution in [2.24, 2.45) is 5.41 Å². The highest BCUT2D eigenvalue weighted by Crippen LogP contribution is 2.55. The van der Waals surface area contributed by atoms with E-state index in [2.05, 4.69) is 6.92 Å². The molecule has 0 radical (unpaired) electrons. The number of carbonyl (C=O) groups is 1. The number of aliphatic hydroxyl groups is 1. The Morgan fingerprint density at radius 3 is 2.88 bits per heavy atom. The Kier molecular flexibility index (Phi) is 1.99. The van der Waals surface area contributed by atoms with Crippen LogP contribution in [0.5, 0.6) is 0 Å². The summed E-state index contributed by atoms with van der Waals surface area (Å²) in [6.07, 6.45) is 2.00. The highest BCUT2D eigenvalue weighted by molar-refractivity contribution is 5.99. The maximum Gasteiger partial charge on any atom is 0.163 e. The molecular weight excluding hydrogens is 200 g/mol. The van der Waals surface area contributed by atoms with E-state index >= 15 is 0 Å². The van der Waals surface area contributed by atoms with E-state index < -0.39 is 0 Å². The Hall–Kier alpha value is -1.15. The molecule has 3 atom stereocenters. The molecule has 0 saturated heterocycles. The number of hydrogen-bond acceptors (Lipinski definition) is 2. The number of rotatable bonds is 0. The molecule has 1 N–H and O–H groups in total. The van der Waals surface area contributed by atoms with Gasteiger partial charge in [-0.15, -0.1) is 0 Å². The first-order valence-electron chi connectivity index (χ1n) is 5.93. The molecule has 3 rings (SSSR count). The van der Waals surface area contributed by atoms with E-state index in [0.29, 0.717) is 12.3 Å². The molecule has 0 bridgehead atoms. The Morgan fingerprint density at radius 2 is 2.06 bits per heavy atom. The Bertz CT molecular complexity index is 452. The second-order valence-electron chi connectivity index (χ2n) is 5.34. The summed E-state index contributed by atoms with van der Waals surface area (Å²) in [5.41, 5.74) is 1.79. The molecule has 84 valence electrons. The second kappa shape index (κ2) is 3.17. The Labute approximate surface area is 95.3 Å². The third kappa shape index (κ3) is 1.14. The van der Waals surface area contributed by atoms with Crippen LogP contribution in [0.2, 0.25) is 0 Å². The summed E-state index contributed by atoms with van der Waals surface area (Å²) in [6, 6.07) is 7.88. The van der Waals surface area contributed by atoms with Crippen LogP contribution in [0.4, 0.5) is 0 Å². The summed E-state index contributed by atoms with van der Waals surface area (Å²) >= 11 is 0. The van der Waals surface area contributed by atoms with Gasteiger partial charge in [0.25, 0.3) is 0 Å². The summed E-state index contributed by atoms with van der Waals surface area (Å²) in [4.78, 5) is 12.1. The monoisotopic (exact) mass is 216 g/mol. The van der Waals surface area contributed by atoms with Crippen LogP contribution >= 0.6 is 0 Å². The number of aliphatic hydroxyl groups excluding tert-OH is 1. The highest BCUT2D eigenvalue weighted by Gasteiger charge is 2.51. The largest absolute Gasteiger partial charge is 0.393 e. The topological polar surface area (TPSA) is 37.3 Å². The molecule has 0 aliphatic heterocycles. The number of carbonyl (C=O) groups excluding carboxylic acids is 1. The third-order valence-corrected chi connectivity index (χ3v) is 4.46. The number of hydrogen-bond donors (Lipinski definition) is 1. The van der Waals surface area contributed by atoms with Gasteiger partial charge in [-0.1, -0.05) is 31.2 Å². The molecule has 2 aliphatic rings. The molecule has 1 fully saturated rings. The number of ketones is 1. The molecular formula is C14H16O2. The molecule has 0 spiro atoms. The number of fused-ring (bicyclic) bond motifs is 3. The first-order valence-corrected chi connectivity index (χ1v) is 5.93. The fourth-order valence-corrected chi connectivity index (χ4v) is 3.46. The fraction of sp³-hybridized carbons (Fsp3) is 0.500. The van der Waals surface area contributed by atoms with Crippen molar-refractivity contribution in [3.8, 4) is 0 Å². The Morgan fingerprint density at radius 1 is 1.31 bits per heavy atom. The lowest BCUT2D eigenvalue weighted by atomic mass is 9.65. The van der Waals surface area contributed by atoms with Crippen LogP contribution in [-0.4, -0.2) is 17.0 Å². The standard InChI is InChI=1S/C14H16O2/c1-14-8-12(15)10-5-3-2-4-9(10)11(14)6-7-13(14)16/h2-5,11,13,16H,6-8H2,1H3/t11-,13-,14-/m0/s1. The van der Waals surface area contributed by atoms with Gasteiger partial charge in [-0.05, 0) is 24.3 Å². The van der Waals surface area contributed by atoms with Crippen molar-refractivity contribution in [3.63, 3.8) is 0 Å². The van der Waals surface area contributed by atoms with Gasteiger partial charge in [0, 0.05) is 17.4 Å². The van der Waals surface area contributed by atoms with E-state index in [1.807, 2.05) is 24.3 Å². The molecule has 2 heteroatoms. The van der Waals surface area contributed by atoms with Crippen LogP contribution < -0.4 is 0 Å². The molecule has 0 amide bonds. The van der Waals surface area contributed by atoms with Crippen LogP contribution in [0.15, 0.2) is 24.3 Å². The highest BCUT2D eigenvalue weighted by atomic mass is 16.3. The minimum atomic E-state index is -0.324. The van der Waals surface area contributed by atoms with Crippen molar-refractivity contribution < 1.29 is 9.90 Å². The van der Waals surface area contributed by atoms with E-state index in [0.717, 1.165) is 24.0 Å². The van der Waals surface area contributed by atoms with E-state index in [4.69, 9.17) is 0 Å². The van der Waals surface area contributed by atoms with Crippen molar-refractivity contribution in [1.29, 1.82) is 0 Å². The molecule has 0 unspecified atom stereocenters. The third-order valence-electron chi connectivity index (χ3n) is 4.46. The fourth-order valence-electron chi connectivity index (χ4n) is 3.46. The molecule has 2 aliphatic carbocycles. The van der Waals surface area contributed by atoms with Crippen LogP contribution in [0.3, 0.4) is 0 Å². The molecule has 0 heterocycles. The molecule has 16 heavy (non-hydrogen) atoms. The first-order chi connectivity index (χ1) is 7.63. The maximum atomic E-state index is 12.1. The van der Waals surface area contributed by atoms with Gasteiger partial charge in [-0.3, -0.25) is 4.79 Å². The van der Waals surface area contributed by atoms with Crippen LogP contribution in [0, 0.1) is 5.41 Å². The zero-order chi connectivity index (χ0) is 11.3. The molecule has 2 nitrogen and oxygen atoms in total. The van der Waals surface area contributed by atoms with Gasteiger partial charge >= 0.3 is 0 Å². The number of Topliss-reactive ketones (excluding diaryl/α,β-unsaturated/α-hetero) is 1. The van der Waals surface area contributed by atoms with Gasteiger partial charge in [-0.25, -0.2) is 0 Å². The van der Waals surface area contributed by atoms with Gasteiger partial charge < -0.3 is 5.11 Å². The van der Waals surface area contributed by atoms with Gasteiger partial charge in [0.15, 0.2) is 5.78 Å². The lowest BCUT2D eigenvalue weighted by Gasteiger charge is -2.38. The lowest BCUT2D eigenvalue weighted by molar-refractivity contribution is 0.0411. The Balaban J connectivity index is 2.17. The predicted octanol–water partition coefficient (Wildman–Crippen LogP) is 2.52. The number of benzene rings is 1. The molecule has 1 aromatic carbocycles. The van der Waals surface area contributed by atoms with Crippen molar-refractivity contribution >= 4 is 5.78 Å². The van der Waals surface area contributed by atoms with E-state index in [9.17, 15) is 9.90 Å². The van der Waals surface area contributed by atoms with Crippen molar-refractivity contribution in [3.05, 3.63) is 35.4 Å². The van der Waals surface area contributed by atoms with Gasteiger partial charge in [-0.2, -0.15) is 0 Å². The van der Waals surface area contributed by atoms with E-state index in [1.165, 1.54) is 0 Å². The zero-order valence-electron chi connectivity index (χ0n) is 9.44. The zero-order valence-corrected chi connectivity index (χ0v) is 9.44. The summed E-state index contributed by atoms with van der Waals surface area (Å²) in [5.74, 6) is 0.548.